The minimum absolute atomic E-state index is 0.109. The second-order valence-corrected chi connectivity index (χ2v) is 7.06. The smallest absolute Gasteiger partial charge is 0.226 e. The fourth-order valence-electron chi connectivity index (χ4n) is 3.60. The molecule has 27 heavy (non-hydrogen) atoms. The Labute approximate surface area is 158 Å². The highest BCUT2D eigenvalue weighted by Gasteiger charge is 2.22. The van der Waals surface area contributed by atoms with Crippen molar-refractivity contribution in [2.24, 2.45) is 0 Å². The minimum Gasteiger partial charge on any atom is -0.425 e. The standard InChI is InChI=1S/C19H25N5O3/c25-17(7-8-18-22-23-19(27-18)14-3-1-2-4-14)21-16-6-5-15(13-20-16)24-9-11-26-12-10-24/h5-6,13-14H,1-4,7-12H2,(H,20,21,25). The molecule has 1 amide bonds. The van der Waals surface area contributed by atoms with E-state index in [1.807, 2.05) is 12.1 Å². The highest BCUT2D eigenvalue weighted by molar-refractivity contribution is 5.89. The fraction of sp³-hybridized carbons (Fsp3) is 0.579. The number of morpholine rings is 1. The first kappa shape index (κ1) is 17.9. The van der Waals surface area contributed by atoms with Gasteiger partial charge in [-0.3, -0.25) is 4.79 Å². The van der Waals surface area contributed by atoms with E-state index in [9.17, 15) is 4.79 Å². The summed E-state index contributed by atoms with van der Waals surface area (Å²) in [5, 5.41) is 11.0. The molecule has 8 nitrogen and oxygen atoms in total. The Bertz CT molecular complexity index is 749. The van der Waals surface area contributed by atoms with E-state index >= 15 is 0 Å². The highest BCUT2D eigenvalue weighted by Crippen LogP contribution is 2.33. The van der Waals surface area contributed by atoms with Crippen molar-refractivity contribution < 1.29 is 13.9 Å². The van der Waals surface area contributed by atoms with Crippen LogP contribution in [0, 0.1) is 0 Å². The highest BCUT2D eigenvalue weighted by atomic mass is 16.5. The van der Waals surface area contributed by atoms with Crippen molar-refractivity contribution in [1.82, 2.24) is 15.2 Å². The number of rotatable bonds is 6. The molecule has 2 fully saturated rings. The lowest BCUT2D eigenvalue weighted by Gasteiger charge is -2.28. The van der Waals surface area contributed by atoms with E-state index in [0.717, 1.165) is 50.7 Å². The molecule has 2 aromatic rings. The summed E-state index contributed by atoms with van der Waals surface area (Å²) in [6.07, 6.45) is 7.20. The third-order valence-electron chi connectivity index (χ3n) is 5.14. The number of anilines is 2. The predicted molar refractivity (Wildman–Crippen MR) is 99.7 cm³/mol. The molecule has 8 heteroatoms. The number of nitrogens with zero attached hydrogens (tertiary/aromatic N) is 4. The molecular formula is C19H25N5O3. The van der Waals surface area contributed by atoms with Crippen molar-refractivity contribution in [3.8, 4) is 0 Å². The molecular weight excluding hydrogens is 346 g/mol. The Hall–Kier alpha value is -2.48. The van der Waals surface area contributed by atoms with Crippen LogP contribution in [0.3, 0.4) is 0 Å². The molecule has 1 aliphatic heterocycles. The normalized spacial score (nSPS) is 18.0. The second-order valence-electron chi connectivity index (χ2n) is 7.06. The molecule has 0 aromatic carbocycles. The average Bonchev–Trinajstić information content (AvgIpc) is 3.39. The van der Waals surface area contributed by atoms with Gasteiger partial charge in [-0.05, 0) is 25.0 Å². The lowest BCUT2D eigenvalue weighted by atomic mass is 10.1. The van der Waals surface area contributed by atoms with Crippen molar-refractivity contribution in [1.29, 1.82) is 0 Å². The molecule has 2 aliphatic rings. The summed E-state index contributed by atoms with van der Waals surface area (Å²) in [7, 11) is 0. The van der Waals surface area contributed by atoms with E-state index < -0.39 is 0 Å². The first-order valence-electron chi connectivity index (χ1n) is 9.69. The molecule has 2 aromatic heterocycles. The zero-order valence-electron chi connectivity index (χ0n) is 15.4. The number of pyridine rings is 1. The van der Waals surface area contributed by atoms with Gasteiger partial charge in [0.25, 0.3) is 0 Å². The topological polar surface area (TPSA) is 93.4 Å². The Morgan fingerprint density at radius 3 is 2.74 bits per heavy atom. The van der Waals surface area contributed by atoms with Gasteiger partial charge in [-0.15, -0.1) is 10.2 Å². The first-order valence-corrected chi connectivity index (χ1v) is 9.69. The number of aryl methyl sites for hydroxylation is 1. The molecule has 0 unspecified atom stereocenters. The van der Waals surface area contributed by atoms with Crippen LogP contribution >= 0.6 is 0 Å². The predicted octanol–water partition coefficient (Wildman–Crippen LogP) is 2.53. The van der Waals surface area contributed by atoms with E-state index in [4.69, 9.17) is 9.15 Å². The molecule has 1 aliphatic carbocycles. The SMILES string of the molecule is O=C(CCc1nnc(C2CCCC2)o1)Nc1ccc(N2CCOCC2)cn1. The van der Waals surface area contributed by atoms with Gasteiger partial charge in [0.2, 0.25) is 17.7 Å². The summed E-state index contributed by atoms with van der Waals surface area (Å²) in [5.41, 5.74) is 1.04. The maximum atomic E-state index is 12.2. The van der Waals surface area contributed by atoms with Crippen LogP contribution in [0.5, 0.6) is 0 Å². The first-order chi connectivity index (χ1) is 13.3. The number of hydrogen-bond donors (Lipinski definition) is 1. The molecule has 1 saturated heterocycles. The second kappa shape index (κ2) is 8.47. The largest absolute Gasteiger partial charge is 0.425 e. The summed E-state index contributed by atoms with van der Waals surface area (Å²) in [5.74, 6) is 2.09. The van der Waals surface area contributed by atoms with Crippen LogP contribution in [-0.2, 0) is 16.0 Å². The molecule has 144 valence electrons. The number of carbonyl (C=O) groups is 1. The van der Waals surface area contributed by atoms with E-state index in [0.29, 0.717) is 30.5 Å². The molecule has 0 spiro atoms. The molecule has 1 N–H and O–H groups in total. The average molecular weight is 371 g/mol. The summed E-state index contributed by atoms with van der Waals surface area (Å²) in [6, 6.07) is 3.80. The number of amides is 1. The minimum atomic E-state index is -0.109. The summed E-state index contributed by atoms with van der Waals surface area (Å²) in [4.78, 5) is 18.7. The van der Waals surface area contributed by atoms with Crippen molar-refractivity contribution in [3.63, 3.8) is 0 Å². The molecule has 4 rings (SSSR count). The summed E-state index contributed by atoms with van der Waals surface area (Å²) in [6.45, 7) is 3.19. The van der Waals surface area contributed by atoms with Crippen LogP contribution < -0.4 is 10.2 Å². The van der Waals surface area contributed by atoms with Gasteiger partial charge in [0.05, 0.1) is 25.1 Å². The third-order valence-corrected chi connectivity index (χ3v) is 5.14. The van der Waals surface area contributed by atoms with Crippen molar-refractivity contribution in [3.05, 3.63) is 30.1 Å². The van der Waals surface area contributed by atoms with Crippen LogP contribution in [0.15, 0.2) is 22.7 Å². The molecule has 0 atom stereocenters. The Kier molecular flexibility index (Phi) is 5.62. The van der Waals surface area contributed by atoms with Crippen LogP contribution in [0.2, 0.25) is 0 Å². The Balaban J connectivity index is 1.25. The number of carbonyl (C=O) groups excluding carboxylic acids is 1. The molecule has 1 saturated carbocycles. The fourth-order valence-corrected chi connectivity index (χ4v) is 3.60. The Morgan fingerprint density at radius 1 is 1.19 bits per heavy atom. The van der Waals surface area contributed by atoms with E-state index in [1.165, 1.54) is 12.8 Å². The quantitative estimate of drug-likeness (QED) is 0.834. The zero-order valence-corrected chi connectivity index (χ0v) is 15.4. The number of nitrogens with one attached hydrogen (secondary N) is 1. The van der Waals surface area contributed by atoms with Crippen molar-refractivity contribution >= 4 is 17.4 Å². The van der Waals surface area contributed by atoms with Crippen molar-refractivity contribution in [2.45, 2.75) is 44.4 Å². The van der Waals surface area contributed by atoms with E-state index in [1.54, 1.807) is 6.20 Å². The number of ether oxygens (including phenoxy) is 1. The van der Waals surface area contributed by atoms with Gasteiger partial charge < -0.3 is 19.4 Å². The summed E-state index contributed by atoms with van der Waals surface area (Å²) < 4.78 is 11.1. The number of aromatic nitrogens is 3. The van der Waals surface area contributed by atoms with Crippen LogP contribution in [0.4, 0.5) is 11.5 Å². The zero-order chi connectivity index (χ0) is 18.5. The van der Waals surface area contributed by atoms with Gasteiger partial charge in [-0.25, -0.2) is 4.98 Å². The maximum absolute atomic E-state index is 12.2. The summed E-state index contributed by atoms with van der Waals surface area (Å²) >= 11 is 0. The third kappa shape index (κ3) is 4.63. The van der Waals surface area contributed by atoms with Gasteiger partial charge in [0, 0.05) is 31.8 Å². The van der Waals surface area contributed by atoms with Crippen LogP contribution in [0.1, 0.15) is 49.8 Å². The molecule has 3 heterocycles. The van der Waals surface area contributed by atoms with Crippen LogP contribution in [-0.4, -0.2) is 47.4 Å². The molecule has 0 radical (unpaired) electrons. The lowest BCUT2D eigenvalue weighted by Crippen LogP contribution is -2.36. The van der Waals surface area contributed by atoms with Gasteiger partial charge >= 0.3 is 0 Å². The Morgan fingerprint density at radius 2 is 2.00 bits per heavy atom. The van der Waals surface area contributed by atoms with E-state index in [2.05, 4.69) is 25.4 Å². The monoisotopic (exact) mass is 371 g/mol. The van der Waals surface area contributed by atoms with Gasteiger partial charge in [0.1, 0.15) is 5.82 Å². The van der Waals surface area contributed by atoms with Gasteiger partial charge in [0.15, 0.2) is 0 Å². The van der Waals surface area contributed by atoms with Crippen molar-refractivity contribution in [2.75, 3.05) is 36.5 Å². The van der Waals surface area contributed by atoms with E-state index in [-0.39, 0.29) is 5.91 Å². The van der Waals surface area contributed by atoms with Crippen LogP contribution in [0.25, 0.3) is 0 Å². The maximum Gasteiger partial charge on any atom is 0.226 e. The van der Waals surface area contributed by atoms with Gasteiger partial charge in [-0.2, -0.15) is 0 Å². The lowest BCUT2D eigenvalue weighted by molar-refractivity contribution is -0.116. The van der Waals surface area contributed by atoms with Gasteiger partial charge in [-0.1, -0.05) is 12.8 Å². The molecule has 0 bridgehead atoms. The number of hydrogen-bond acceptors (Lipinski definition) is 7.